The highest BCUT2D eigenvalue weighted by Gasteiger charge is 2.26. The van der Waals surface area contributed by atoms with Crippen LogP contribution in [0.3, 0.4) is 0 Å². The van der Waals surface area contributed by atoms with E-state index in [9.17, 15) is 0 Å². The molecule has 0 amide bonds. The third-order valence-electron chi connectivity index (χ3n) is 7.65. The lowest BCUT2D eigenvalue weighted by Crippen LogP contribution is -2.22. The molecule has 2 aliphatic rings. The second-order valence-electron chi connectivity index (χ2n) is 10.2. The number of hydrogen-bond acceptors (Lipinski definition) is 2. The molecule has 2 heteroatoms. The Hall–Kier alpha value is -4.56. The monoisotopic (exact) mass is 507 g/mol. The minimum Gasteiger partial charge on any atom is -0.454 e. The number of fused-ring (bicyclic) bond motifs is 3. The minimum atomic E-state index is 0.381. The van der Waals surface area contributed by atoms with Crippen LogP contribution in [-0.4, -0.2) is 0 Å². The van der Waals surface area contributed by atoms with Gasteiger partial charge in [0.2, 0.25) is 0 Å². The van der Waals surface area contributed by atoms with Crippen LogP contribution in [0.1, 0.15) is 32.3 Å². The SMILES string of the molecule is C=C/C=C(\C1=C(C)C=CCC1C)N(c1ccc(C2=CCC=CC=C2)cc1)c1cccc2c1oc1ccccc12. The van der Waals surface area contributed by atoms with Crippen molar-refractivity contribution >= 4 is 38.9 Å². The van der Waals surface area contributed by atoms with Gasteiger partial charge in [0.1, 0.15) is 5.58 Å². The zero-order valence-electron chi connectivity index (χ0n) is 22.6. The number of para-hydroxylation sites is 2. The molecule has 0 fully saturated rings. The van der Waals surface area contributed by atoms with Crippen molar-refractivity contribution in [3.63, 3.8) is 0 Å². The van der Waals surface area contributed by atoms with Crippen LogP contribution in [0.4, 0.5) is 11.4 Å². The van der Waals surface area contributed by atoms with Crippen LogP contribution < -0.4 is 4.90 Å². The molecular weight excluding hydrogens is 474 g/mol. The van der Waals surface area contributed by atoms with E-state index < -0.39 is 0 Å². The van der Waals surface area contributed by atoms with Gasteiger partial charge >= 0.3 is 0 Å². The molecule has 0 saturated heterocycles. The van der Waals surface area contributed by atoms with E-state index in [0.29, 0.717) is 5.92 Å². The maximum Gasteiger partial charge on any atom is 0.159 e. The Labute approximate surface area is 231 Å². The zero-order valence-corrected chi connectivity index (χ0v) is 22.6. The Kier molecular flexibility index (Phi) is 6.77. The van der Waals surface area contributed by atoms with Gasteiger partial charge in [-0.3, -0.25) is 0 Å². The highest BCUT2D eigenvalue weighted by molar-refractivity contribution is 6.09. The molecule has 0 radical (unpaired) electrons. The number of rotatable bonds is 6. The van der Waals surface area contributed by atoms with E-state index in [1.807, 2.05) is 18.2 Å². The fourth-order valence-corrected chi connectivity index (χ4v) is 5.81. The van der Waals surface area contributed by atoms with Crippen molar-refractivity contribution in [2.45, 2.75) is 26.7 Å². The van der Waals surface area contributed by atoms with E-state index in [2.05, 4.69) is 129 Å². The summed E-state index contributed by atoms with van der Waals surface area (Å²) in [5, 5.41) is 2.25. The fourth-order valence-electron chi connectivity index (χ4n) is 5.81. The van der Waals surface area contributed by atoms with Crippen LogP contribution in [0.2, 0.25) is 0 Å². The van der Waals surface area contributed by atoms with Gasteiger partial charge in [-0.2, -0.15) is 0 Å². The van der Waals surface area contributed by atoms with E-state index >= 15 is 0 Å². The second kappa shape index (κ2) is 10.7. The largest absolute Gasteiger partial charge is 0.454 e. The molecule has 2 nitrogen and oxygen atoms in total. The molecule has 39 heavy (non-hydrogen) atoms. The van der Waals surface area contributed by atoms with Crippen LogP contribution in [0.5, 0.6) is 0 Å². The average Bonchev–Trinajstić information content (AvgIpc) is 3.12. The van der Waals surface area contributed by atoms with E-state index in [1.165, 1.54) is 22.3 Å². The first-order valence-corrected chi connectivity index (χ1v) is 13.7. The molecule has 0 bridgehead atoms. The summed E-state index contributed by atoms with van der Waals surface area (Å²) >= 11 is 0. The lowest BCUT2D eigenvalue weighted by Gasteiger charge is -2.33. The summed E-state index contributed by atoms with van der Waals surface area (Å²) in [7, 11) is 0. The van der Waals surface area contributed by atoms with Crippen molar-refractivity contribution in [3.05, 3.63) is 150 Å². The molecule has 3 aromatic carbocycles. The molecule has 1 atom stereocenters. The predicted molar refractivity (Wildman–Crippen MR) is 167 cm³/mol. The van der Waals surface area contributed by atoms with E-state index in [1.54, 1.807) is 0 Å². The Morgan fingerprint density at radius 2 is 1.74 bits per heavy atom. The standard InChI is InChI=1S/C37H33NO/c1-4-13-33(36-26(2)14-11-15-27(36)3)38(30-24-22-29(23-25-30)28-16-7-5-6-8-17-28)34-20-12-19-32-31-18-9-10-21-35(31)39-37(32)34/h4-7,9-14,16-25,27H,1,8,15H2,2-3H3/b33-13+. The third-order valence-corrected chi connectivity index (χ3v) is 7.65. The van der Waals surface area contributed by atoms with Crippen LogP contribution in [0.25, 0.3) is 27.5 Å². The maximum atomic E-state index is 6.54. The molecule has 0 saturated carbocycles. The van der Waals surface area contributed by atoms with Gasteiger partial charge in [0, 0.05) is 22.2 Å². The molecular formula is C37H33NO. The van der Waals surface area contributed by atoms with E-state index in [-0.39, 0.29) is 0 Å². The lowest BCUT2D eigenvalue weighted by atomic mass is 9.85. The van der Waals surface area contributed by atoms with E-state index in [4.69, 9.17) is 4.42 Å². The number of anilines is 2. The van der Waals surface area contributed by atoms with Crippen molar-refractivity contribution in [3.8, 4) is 0 Å². The molecule has 0 N–H and O–H groups in total. The number of benzene rings is 3. The van der Waals surface area contributed by atoms with Crippen molar-refractivity contribution in [2.75, 3.05) is 4.90 Å². The highest BCUT2D eigenvalue weighted by Crippen LogP contribution is 2.44. The van der Waals surface area contributed by atoms with Gasteiger partial charge in [0.15, 0.2) is 5.58 Å². The lowest BCUT2D eigenvalue weighted by molar-refractivity contribution is 0.665. The van der Waals surface area contributed by atoms with Gasteiger partial charge in [-0.15, -0.1) is 0 Å². The summed E-state index contributed by atoms with van der Waals surface area (Å²) < 4.78 is 6.54. The number of allylic oxidation sites excluding steroid dienone is 12. The summed E-state index contributed by atoms with van der Waals surface area (Å²) in [6, 6.07) is 23.6. The summed E-state index contributed by atoms with van der Waals surface area (Å²) in [5.41, 5.74) is 10.1. The van der Waals surface area contributed by atoms with Crippen LogP contribution in [-0.2, 0) is 0 Å². The van der Waals surface area contributed by atoms with Crippen LogP contribution in [0.15, 0.2) is 149 Å². The van der Waals surface area contributed by atoms with Gasteiger partial charge in [-0.05, 0) is 78.3 Å². The fraction of sp³-hybridized carbons (Fsp3) is 0.135. The van der Waals surface area contributed by atoms with Gasteiger partial charge in [0.25, 0.3) is 0 Å². The quantitative estimate of drug-likeness (QED) is 0.241. The molecule has 1 heterocycles. The first kappa shape index (κ1) is 24.8. The Bertz CT molecular complexity index is 1730. The van der Waals surface area contributed by atoms with Crippen LogP contribution in [0, 0.1) is 5.92 Å². The van der Waals surface area contributed by atoms with Gasteiger partial charge in [-0.25, -0.2) is 0 Å². The van der Waals surface area contributed by atoms with Gasteiger partial charge in [0.05, 0.1) is 5.69 Å². The topological polar surface area (TPSA) is 16.4 Å². The van der Waals surface area contributed by atoms with Crippen LogP contribution >= 0.6 is 0 Å². The molecule has 192 valence electrons. The molecule has 4 aromatic rings. The Morgan fingerprint density at radius 3 is 2.56 bits per heavy atom. The normalized spacial score (nSPS) is 17.5. The van der Waals surface area contributed by atoms with Crippen molar-refractivity contribution < 1.29 is 4.42 Å². The minimum absolute atomic E-state index is 0.381. The van der Waals surface area contributed by atoms with Gasteiger partial charge < -0.3 is 9.32 Å². The third kappa shape index (κ3) is 4.64. The zero-order chi connectivity index (χ0) is 26.8. The van der Waals surface area contributed by atoms with E-state index in [0.717, 1.165) is 51.9 Å². The Morgan fingerprint density at radius 1 is 0.923 bits per heavy atom. The molecule has 2 aliphatic carbocycles. The number of nitrogens with zero attached hydrogens (tertiary/aromatic N) is 1. The van der Waals surface area contributed by atoms with Crippen molar-refractivity contribution in [1.29, 1.82) is 0 Å². The molecule has 1 aromatic heterocycles. The average molecular weight is 508 g/mol. The number of hydrogen-bond donors (Lipinski definition) is 0. The molecule has 1 unspecified atom stereocenters. The molecule has 6 rings (SSSR count). The summed E-state index contributed by atoms with van der Waals surface area (Å²) in [6.45, 7) is 8.62. The first-order valence-electron chi connectivity index (χ1n) is 13.7. The second-order valence-corrected chi connectivity index (χ2v) is 10.2. The maximum absolute atomic E-state index is 6.54. The molecule has 0 aliphatic heterocycles. The number of furan rings is 1. The Balaban J connectivity index is 1.57. The summed E-state index contributed by atoms with van der Waals surface area (Å²) in [6.07, 6.45) is 21.4. The van der Waals surface area contributed by atoms with Gasteiger partial charge in [-0.1, -0.05) is 105 Å². The summed E-state index contributed by atoms with van der Waals surface area (Å²) in [5.74, 6) is 0.381. The van der Waals surface area contributed by atoms with Crippen molar-refractivity contribution in [1.82, 2.24) is 0 Å². The first-order chi connectivity index (χ1) is 19.2. The predicted octanol–water partition coefficient (Wildman–Crippen LogP) is 10.6. The summed E-state index contributed by atoms with van der Waals surface area (Å²) in [4.78, 5) is 2.35. The van der Waals surface area contributed by atoms with Crippen molar-refractivity contribution in [2.24, 2.45) is 5.92 Å². The highest BCUT2D eigenvalue weighted by atomic mass is 16.3. The molecule has 0 spiro atoms. The smallest absolute Gasteiger partial charge is 0.159 e.